The molecule has 2 aliphatic rings. The fourth-order valence-electron chi connectivity index (χ4n) is 5.49. The molecule has 1 saturated heterocycles. The van der Waals surface area contributed by atoms with Gasteiger partial charge in [0.05, 0.1) is 0 Å². The molecule has 2 heterocycles. The second kappa shape index (κ2) is 8.21. The molecule has 0 atom stereocenters. The maximum Gasteiger partial charge on any atom is 0.197 e. The van der Waals surface area contributed by atoms with E-state index < -0.39 is 0 Å². The van der Waals surface area contributed by atoms with Crippen molar-refractivity contribution in [2.75, 3.05) is 24.5 Å². The van der Waals surface area contributed by atoms with Crippen LogP contribution in [-0.4, -0.2) is 25.5 Å². The van der Waals surface area contributed by atoms with E-state index in [9.17, 15) is 0 Å². The van der Waals surface area contributed by atoms with E-state index in [1.54, 1.807) is 0 Å². The molecule has 6 rings (SSSR count). The molecule has 0 spiro atoms. The lowest BCUT2D eigenvalue weighted by molar-refractivity contribution is 0.775. The number of quaternary nitrogens is 1. The van der Waals surface area contributed by atoms with Crippen LogP contribution in [-0.2, 0) is 0 Å². The van der Waals surface area contributed by atoms with E-state index >= 15 is 0 Å². The van der Waals surface area contributed by atoms with Crippen LogP contribution in [0.5, 0.6) is 0 Å². The summed E-state index contributed by atoms with van der Waals surface area (Å²) < 4.78 is 0.710. The van der Waals surface area contributed by atoms with E-state index in [-0.39, 0.29) is 0 Å². The average molecular weight is 459 g/mol. The summed E-state index contributed by atoms with van der Waals surface area (Å²) in [5.41, 5.74) is 7.73. The van der Waals surface area contributed by atoms with Crippen LogP contribution in [0.4, 0.5) is 11.4 Å². The van der Waals surface area contributed by atoms with Crippen LogP contribution in [0.15, 0.2) is 96.1 Å². The first kappa shape index (κ1) is 21.8. The van der Waals surface area contributed by atoms with Crippen LogP contribution < -0.4 is 9.38 Å². The topological polar surface area (TPSA) is 27.1 Å². The molecule has 174 valence electrons. The quantitative estimate of drug-likeness (QED) is 0.109. The maximum absolute atomic E-state index is 8.23. The van der Waals surface area contributed by atoms with Crippen LogP contribution in [0, 0.1) is 5.41 Å². The molecule has 3 heteroatoms. The van der Waals surface area contributed by atoms with Gasteiger partial charge in [-0.2, -0.15) is 0 Å². The SMILES string of the molecule is CC(=N)[N+]1(c2ccc(N3CCC(C)=C(C)C=C3c3ccc4c(ccc5ccccc54)c3)cc2)CC1. The first-order chi connectivity index (χ1) is 17.0. The van der Waals surface area contributed by atoms with E-state index in [4.69, 9.17) is 5.41 Å². The molecule has 0 amide bonds. The minimum absolute atomic E-state index is 0.710. The fraction of sp³-hybridized carbons (Fsp3) is 0.219. The Labute approximate surface area is 207 Å². The zero-order valence-corrected chi connectivity index (χ0v) is 20.8. The molecule has 0 unspecified atom stereocenters. The molecule has 0 aromatic heterocycles. The minimum Gasteiger partial charge on any atom is -0.341 e. The molecular formula is C32H32N3+. The lowest BCUT2D eigenvalue weighted by Gasteiger charge is -2.28. The van der Waals surface area contributed by atoms with Crippen molar-refractivity contribution in [1.82, 2.24) is 4.48 Å². The second-order valence-corrected chi connectivity index (χ2v) is 10.1. The Morgan fingerprint density at radius 1 is 0.829 bits per heavy atom. The van der Waals surface area contributed by atoms with Gasteiger partial charge >= 0.3 is 0 Å². The maximum atomic E-state index is 8.23. The summed E-state index contributed by atoms with van der Waals surface area (Å²) in [7, 11) is 0. The summed E-state index contributed by atoms with van der Waals surface area (Å²) in [5.74, 6) is 0.729. The van der Waals surface area contributed by atoms with Gasteiger partial charge in [-0.05, 0) is 71.7 Å². The van der Waals surface area contributed by atoms with Crippen LogP contribution in [0.25, 0.3) is 27.2 Å². The number of hydrogen-bond donors (Lipinski definition) is 1. The molecule has 0 radical (unpaired) electrons. The smallest absolute Gasteiger partial charge is 0.197 e. The number of allylic oxidation sites excluding steroid dienone is 2. The van der Waals surface area contributed by atoms with Gasteiger partial charge in [-0.3, -0.25) is 5.41 Å². The Balaban J connectivity index is 1.43. The van der Waals surface area contributed by atoms with Gasteiger partial charge in [-0.25, -0.2) is 4.48 Å². The molecule has 1 N–H and O–H groups in total. The van der Waals surface area contributed by atoms with Crippen molar-refractivity contribution in [2.45, 2.75) is 27.2 Å². The first-order valence-corrected chi connectivity index (χ1v) is 12.6. The number of nitrogens with one attached hydrogen (secondary N) is 1. The summed E-state index contributed by atoms with van der Waals surface area (Å²) >= 11 is 0. The molecule has 4 aromatic rings. The van der Waals surface area contributed by atoms with Crippen molar-refractivity contribution in [2.24, 2.45) is 0 Å². The van der Waals surface area contributed by atoms with E-state index in [1.165, 1.54) is 55.3 Å². The van der Waals surface area contributed by atoms with E-state index in [0.717, 1.165) is 31.9 Å². The van der Waals surface area contributed by atoms with Gasteiger partial charge in [0.15, 0.2) is 5.84 Å². The second-order valence-electron chi connectivity index (χ2n) is 10.1. The third-order valence-electron chi connectivity index (χ3n) is 8.04. The summed E-state index contributed by atoms with van der Waals surface area (Å²) in [6.07, 6.45) is 3.41. The van der Waals surface area contributed by atoms with Crippen molar-refractivity contribution in [1.29, 1.82) is 5.41 Å². The van der Waals surface area contributed by atoms with Crippen molar-refractivity contribution >= 4 is 44.5 Å². The number of rotatable bonds is 3. The van der Waals surface area contributed by atoms with Crippen molar-refractivity contribution in [3.63, 3.8) is 0 Å². The average Bonchev–Trinajstić information content (AvgIpc) is 3.71. The largest absolute Gasteiger partial charge is 0.341 e. The van der Waals surface area contributed by atoms with Crippen LogP contribution in [0.2, 0.25) is 0 Å². The highest BCUT2D eigenvalue weighted by Gasteiger charge is 2.47. The van der Waals surface area contributed by atoms with Gasteiger partial charge < -0.3 is 4.90 Å². The van der Waals surface area contributed by atoms with E-state index in [2.05, 4.69) is 104 Å². The van der Waals surface area contributed by atoms with Gasteiger partial charge in [-0.15, -0.1) is 0 Å². The van der Waals surface area contributed by atoms with Gasteiger partial charge in [0.25, 0.3) is 0 Å². The highest BCUT2D eigenvalue weighted by Crippen LogP contribution is 2.38. The zero-order chi connectivity index (χ0) is 24.2. The highest BCUT2D eigenvalue weighted by molar-refractivity contribution is 6.08. The fourth-order valence-corrected chi connectivity index (χ4v) is 5.49. The Morgan fingerprint density at radius 2 is 1.54 bits per heavy atom. The first-order valence-electron chi connectivity index (χ1n) is 12.6. The molecule has 0 saturated carbocycles. The summed E-state index contributed by atoms with van der Waals surface area (Å²) in [5, 5.41) is 13.4. The van der Waals surface area contributed by atoms with E-state index in [1.807, 2.05) is 6.92 Å². The minimum atomic E-state index is 0.710. The number of fused-ring (bicyclic) bond motifs is 3. The van der Waals surface area contributed by atoms with Crippen molar-refractivity contribution in [3.8, 4) is 0 Å². The van der Waals surface area contributed by atoms with Crippen LogP contribution >= 0.6 is 0 Å². The summed E-state index contributed by atoms with van der Waals surface area (Å²) in [4.78, 5) is 2.47. The predicted molar refractivity (Wildman–Crippen MR) is 151 cm³/mol. The predicted octanol–water partition coefficient (Wildman–Crippen LogP) is 7.90. The molecule has 2 aliphatic heterocycles. The molecule has 4 aromatic carbocycles. The molecule has 35 heavy (non-hydrogen) atoms. The number of anilines is 1. The Kier molecular flexibility index (Phi) is 5.12. The molecular weight excluding hydrogens is 426 g/mol. The Morgan fingerprint density at radius 3 is 2.29 bits per heavy atom. The standard InChI is InChI=1S/C32H32N3/c1-22-16-17-34(28-11-13-29(14-12-28)35(18-19-35)24(3)33)32(20-23(22)2)27-10-15-31-26(21-27)9-8-25-6-4-5-7-30(25)31/h4-15,20-21,33H,16-19H2,1-3H3/q+1. The lowest BCUT2D eigenvalue weighted by Crippen LogP contribution is -2.31. The third kappa shape index (κ3) is 3.67. The Hall–Kier alpha value is -3.69. The summed E-state index contributed by atoms with van der Waals surface area (Å²) in [6, 6.07) is 29.0. The Bertz CT molecular complexity index is 1530. The van der Waals surface area contributed by atoms with Gasteiger partial charge in [0.2, 0.25) is 0 Å². The van der Waals surface area contributed by atoms with Crippen LogP contribution in [0.3, 0.4) is 0 Å². The van der Waals surface area contributed by atoms with Crippen molar-refractivity contribution in [3.05, 3.63) is 102 Å². The normalized spacial score (nSPS) is 17.5. The molecule has 3 nitrogen and oxygen atoms in total. The van der Waals surface area contributed by atoms with Gasteiger partial charge in [-0.1, -0.05) is 59.7 Å². The number of amidine groups is 1. The molecule has 1 fully saturated rings. The molecule has 0 bridgehead atoms. The molecule has 0 aliphatic carbocycles. The third-order valence-corrected chi connectivity index (χ3v) is 8.04. The van der Waals surface area contributed by atoms with Gasteiger partial charge in [0.1, 0.15) is 18.8 Å². The lowest BCUT2D eigenvalue weighted by atomic mass is 9.98. The zero-order valence-electron chi connectivity index (χ0n) is 20.8. The number of nitrogens with zero attached hydrogens (tertiary/aromatic N) is 2. The van der Waals surface area contributed by atoms with E-state index in [0.29, 0.717) is 4.48 Å². The summed E-state index contributed by atoms with van der Waals surface area (Å²) in [6.45, 7) is 9.45. The van der Waals surface area contributed by atoms with Crippen LogP contribution in [0.1, 0.15) is 32.8 Å². The number of hydrogen-bond acceptors (Lipinski definition) is 2. The van der Waals surface area contributed by atoms with Crippen molar-refractivity contribution < 1.29 is 0 Å². The highest BCUT2D eigenvalue weighted by atomic mass is 15.5. The number of benzene rings is 4. The van der Waals surface area contributed by atoms with Gasteiger partial charge in [0, 0.05) is 37.0 Å². The monoisotopic (exact) mass is 458 g/mol.